The highest BCUT2D eigenvalue weighted by Gasteiger charge is 2.16. The second-order valence-corrected chi connectivity index (χ2v) is 4.38. The molecule has 0 aliphatic rings. The quantitative estimate of drug-likeness (QED) is 0.523. The van der Waals surface area contributed by atoms with Crippen molar-refractivity contribution in [2.75, 3.05) is 6.54 Å². The van der Waals surface area contributed by atoms with Crippen LogP contribution in [0.15, 0.2) is 5.38 Å². The van der Waals surface area contributed by atoms with Crippen LogP contribution in [-0.2, 0) is 4.79 Å². The van der Waals surface area contributed by atoms with Gasteiger partial charge in [0.2, 0.25) is 5.91 Å². The molecule has 0 aromatic carbocycles. The maximum Gasteiger partial charge on any atom is 0.270 e. The van der Waals surface area contributed by atoms with Gasteiger partial charge in [-0.05, 0) is 6.92 Å². The summed E-state index contributed by atoms with van der Waals surface area (Å²) in [5, 5.41) is 13.6. The Morgan fingerprint density at radius 3 is 2.76 bits per heavy atom. The fraction of sp³-hybridized carbons (Fsp3) is 0.444. The Kier molecular flexibility index (Phi) is 4.55. The van der Waals surface area contributed by atoms with Crippen LogP contribution in [0.3, 0.4) is 0 Å². The molecule has 0 bridgehead atoms. The number of nitrogens with zero attached hydrogens (tertiary/aromatic N) is 1. The number of carbonyl (C=O) groups is 2. The summed E-state index contributed by atoms with van der Waals surface area (Å²) in [7, 11) is 0. The zero-order valence-electron chi connectivity index (χ0n) is 9.21. The van der Waals surface area contributed by atoms with Gasteiger partial charge in [-0.1, -0.05) is 0 Å². The molecule has 8 heteroatoms. The Labute approximate surface area is 102 Å². The third-order valence-electron chi connectivity index (χ3n) is 1.93. The molecular weight excluding hydrogens is 244 g/mol. The third-order valence-corrected chi connectivity index (χ3v) is 2.97. The first kappa shape index (κ1) is 13.6. The number of carbonyl (C=O) groups excluding carboxylic acids is 2. The van der Waals surface area contributed by atoms with E-state index in [9.17, 15) is 9.59 Å². The summed E-state index contributed by atoms with van der Waals surface area (Å²) in [4.78, 5) is 26.1. The lowest BCUT2D eigenvalue weighted by molar-refractivity contribution is -0.125. The molecule has 17 heavy (non-hydrogen) atoms. The number of nitrogens with one attached hydrogen (secondary N) is 1. The molecule has 0 radical (unpaired) electrons. The molecule has 0 saturated carbocycles. The number of hydrogen-bond acceptors (Lipinski definition) is 6. The second-order valence-electron chi connectivity index (χ2n) is 3.49. The monoisotopic (exact) mass is 258 g/mol. The van der Waals surface area contributed by atoms with Gasteiger partial charge in [0, 0.05) is 5.38 Å². The Morgan fingerprint density at radius 2 is 2.29 bits per heavy atom. The van der Waals surface area contributed by atoms with Gasteiger partial charge >= 0.3 is 0 Å². The number of aromatic nitrogens is 1. The van der Waals surface area contributed by atoms with Gasteiger partial charge in [0.15, 0.2) is 0 Å². The predicted octanol–water partition coefficient (Wildman–Crippen LogP) is -1.26. The van der Waals surface area contributed by atoms with E-state index in [4.69, 9.17) is 16.6 Å². The van der Waals surface area contributed by atoms with Crippen molar-refractivity contribution >= 4 is 23.2 Å². The molecule has 1 aromatic rings. The minimum absolute atomic E-state index is 0.207. The summed E-state index contributed by atoms with van der Waals surface area (Å²) in [6.45, 7) is 1.52. The average molecular weight is 258 g/mol. The lowest BCUT2D eigenvalue weighted by Gasteiger charge is -2.06. The molecule has 2 unspecified atom stereocenters. The van der Waals surface area contributed by atoms with E-state index in [-0.39, 0.29) is 18.3 Å². The Bertz CT molecular complexity index is 418. The standard InChI is InChI=1S/C9H14N4O3S/c1-4(10)9-13-5(3-17-9)8(16)12-2-6(14)7(11)15/h3-4,6,14H,2,10H2,1H3,(H2,11,15)(H,12,16). The molecule has 0 aliphatic carbocycles. The molecule has 6 N–H and O–H groups in total. The first-order chi connectivity index (χ1) is 7.91. The molecule has 1 heterocycles. The number of hydrogen-bond donors (Lipinski definition) is 4. The van der Waals surface area contributed by atoms with Crippen LogP contribution in [0, 0.1) is 0 Å². The molecule has 0 fully saturated rings. The molecule has 1 rings (SSSR count). The Hall–Kier alpha value is -1.51. The Balaban J connectivity index is 2.55. The number of aliphatic hydroxyl groups excluding tert-OH is 1. The number of rotatable bonds is 5. The molecule has 2 amide bonds. The second kappa shape index (κ2) is 5.71. The lowest BCUT2D eigenvalue weighted by atomic mass is 10.3. The van der Waals surface area contributed by atoms with Crippen molar-refractivity contribution in [2.45, 2.75) is 19.1 Å². The van der Waals surface area contributed by atoms with Crippen molar-refractivity contribution in [2.24, 2.45) is 11.5 Å². The van der Waals surface area contributed by atoms with Crippen LogP contribution in [0.1, 0.15) is 28.5 Å². The first-order valence-electron chi connectivity index (χ1n) is 4.88. The summed E-state index contributed by atoms with van der Waals surface area (Å²) in [5.41, 5.74) is 10.6. The highest BCUT2D eigenvalue weighted by atomic mass is 32.1. The van der Waals surface area contributed by atoms with E-state index in [1.165, 1.54) is 11.3 Å². The molecule has 0 spiro atoms. The topological polar surface area (TPSA) is 131 Å². The van der Waals surface area contributed by atoms with Crippen LogP contribution in [-0.4, -0.2) is 34.6 Å². The Morgan fingerprint density at radius 1 is 1.65 bits per heavy atom. The smallest absolute Gasteiger partial charge is 0.270 e. The minimum atomic E-state index is -1.40. The maximum absolute atomic E-state index is 11.5. The molecule has 94 valence electrons. The minimum Gasteiger partial charge on any atom is -0.381 e. The SMILES string of the molecule is CC(N)c1nc(C(=O)NCC(O)C(N)=O)cs1. The van der Waals surface area contributed by atoms with Crippen molar-refractivity contribution in [1.82, 2.24) is 10.3 Å². The van der Waals surface area contributed by atoms with Crippen molar-refractivity contribution in [1.29, 1.82) is 0 Å². The fourth-order valence-electron chi connectivity index (χ4n) is 0.982. The highest BCUT2D eigenvalue weighted by molar-refractivity contribution is 7.09. The van der Waals surface area contributed by atoms with Gasteiger partial charge in [0.1, 0.15) is 16.8 Å². The molecule has 2 atom stereocenters. The summed E-state index contributed by atoms with van der Waals surface area (Å²) in [6, 6.07) is -0.238. The van der Waals surface area contributed by atoms with Crippen LogP contribution in [0.25, 0.3) is 0 Å². The fourth-order valence-corrected chi connectivity index (χ4v) is 1.74. The number of aliphatic hydroxyl groups is 1. The van der Waals surface area contributed by atoms with Crippen molar-refractivity contribution < 1.29 is 14.7 Å². The van der Waals surface area contributed by atoms with Crippen LogP contribution in [0.5, 0.6) is 0 Å². The lowest BCUT2D eigenvalue weighted by Crippen LogP contribution is -2.40. The first-order valence-corrected chi connectivity index (χ1v) is 5.76. The van der Waals surface area contributed by atoms with E-state index in [1.807, 2.05) is 0 Å². The predicted molar refractivity (Wildman–Crippen MR) is 62.3 cm³/mol. The van der Waals surface area contributed by atoms with Gasteiger partial charge in [0.05, 0.1) is 12.6 Å². The van der Waals surface area contributed by atoms with Gasteiger partial charge in [-0.3, -0.25) is 9.59 Å². The summed E-state index contributed by atoms with van der Waals surface area (Å²) >= 11 is 1.28. The number of primary amides is 1. The number of amides is 2. The van der Waals surface area contributed by atoms with E-state index in [1.54, 1.807) is 12.3 Å². The zero-order chi connectivity index (χ0) is 13.0. The van der Waals surface area contributed by atoms with Crippen molar-refractivity contribution in [3.63, 3.8) is 0 Å². The van der Waals surface area contributed by atoms with Gasteiger partial charge in [-0.25, -0.2) is 4.98 Å². The van der Waals surface area contributed by atoms with E-state index in [2.05, 4.69) is 10.3 Å². The third kappa shape index (κ3) is 3.77. The van der Waals surface area contributed by atoms with Crippen molar-refractivity contribution in [3.05, 3.63) is 16.1 Å². The van der Waals surface area contributed by atoms with Gasteiger partial charge in [-0.15, -0.1) is 11.3 Å². The maximum atomic E-state index is 11.5. The highest BCUT2D eigenvalue weighted by Crippen LogP contribution is 2.15. The zero-order valence-corrected chi connectivity index (χ0v) is 10.0. The normalized spacial score (nSPS) is 14.1. The molecule has 0 saturated heterocycles. The van der Waals surface area contributed by atoms with Crippen molar-refractivity contribution in [3.8, 4) is 0 Å². The van der Waals surface area contributed by atoms with E-state index >= 15 is 0 Å². The van der Waals surface area contributed by atoms with Gasteiger partial charge < -0.3 is 21.9 Å². The van der Waals surface area contributed by atoms with E-state index in [0.29, 0.717) is 5.01 Å². The average Bonchev–Trinajstić information content (AvgIpc) is 2.74. The molecular formula is C9H14N4O3S. The van der Waals surface area contributed by atoms with Crippen LogP contribution < -0.4 is 16.8 Å². The number of thiazole rings is 1. The largest absolute Gasteiger partial charge is 0.381 e. The summed E-state index contributed by atoms with van der Waals surface area (Å²) in [5.74, 6) is -1.37. The summed E-state index contributed by atoms with van der Waals surface area (Å²) < 4.78 is 0. The van der Waals surface area contributed by atoms with E-state index in [0.717, 1.165) is 0 Å². The van der Waals surface area contributed by atoms with Crippen LogP contribution >= 0.6 is 11.3 Å². The summed E-state index contributed by atoms with van der Waals surface area (Å²) in [6.07, 6.45) is -1.40. The van der Waals surface area contributed by atoms with Crippen LogP contribution in [0.4, 0.5) is 0 Å². The molecule has 7 nitrogen and oxygen atoms in total. The number of nitrogens with two attached hydrogens (primary N) is 2. The van der Waals surface area contributed by atoms with Crippen LogP contribution in [0.2, 0.25) is 0 Å². The molecule has 0 aliphatic heterocycles. The van der Waals surface area contributed by atoms with Gasteiger partial charge in [-0.2, -0.15) is 0 Å². The van der Waals surface area contributed by atoms with Gasteiger partial charge in [0.25, 0.3) is 5.91 Å². The molecule has 1 aromatic heterocycles. The van der Waals surface area contributed by atoms with E-state index < -0.39 is 17.9 Å².